The Labute approximate surface area is 165 Å². The Morgan fingerprint density at radius 1 is 1.36 bits per heavy atom. The number of methoxy groups -OCH3 is 1. The van der Waals surface area contributed by atoms with Crippen LogP contribution >= 0.6 is 11.6 Å². The van der Waals surface area contributed by atoms with Crippen molar-refractivity contribution >= 4 is 40.9 Å². The lowest BCUT2D eigenvalue weighted by Gasteiger charge is -2.26. The number of nitrogens with two attached hydrogens (primary N) is 2. The number of likely N-dealkylation sites (tertiary alicyclic amines) is 1. The summed E-state index contributed by atoms with van der Waals surface area (Å²) < 4.78 is 5.00. The minimum Gasteiger partial charge on any atom is -0.383 e. The van der Waals surface area contributed by atoms with E-state index in [1.165, 1.54) is 7.11 Å². The van der Waals surface area contributed by atoms with E-state index in [1.807, 2.05) is 0 Å². The smallest absolute Gasteiger partial charge is 0.291 e. The molecule has 3 aliphatic heterocycles. The van der Waals surface area contributed by atoms with Crippen molar-refractivity contribution in [2.45, 2.75) is 18.0 Å². The number of halogens is 1. The number of primary amides is 1. The van der Waals surface area contributed by atoms with Gasteiger partial charge in [0.05, 0.1) is 25.3 Å². The summed E-state index contributed by atoms with van der Waals surface area (Å²) in [5, 5.41) is 4.84. The first kappa shape index (κ1) is 18.9. The molecule has 0 aromatic heterocycles. The third kappa shape index (κ3) is 2.47. The molecule has 3 heterocycles. The van der Waals surface area contributed by atoms with Crippen LogP contribution in [-0.4, -0.2) is 54.8 Å². The quantitative estimate of drug-likeness (QED) is 0.513. The van der Waals surface area contributed by atoms with Gasteiger partial charge in [-0.25, -0.2) is 0 Å². The largest absolute Gasteiger partial charge is 0.383 e. The summed E-state index contributed by atoms with van der Waals surface area (Å²) in [7, 11) is 1.47. The molecule has 3 aliphatic rings. The van der Waals surface area contributed by atoms with Gasteiger partial charge in [0.25, 0.3) is 5.91 Å². The van der Waals surface area contributed by atoms with E-state index in [-0.39, 0.29) is 19.6 Å². The number of quaternary nitrogens is 1. The standard InChI is InChI=1S/C18H19ClN4O5/c1-28-5-4-23-15(25)13-11(7-12(20)24)22-18(14(13)16(23)26)9-6-8(19)2-3-10(9)21-17(18)27/h2-3,6,11,13-14,22H,4-5,7H2,1H3,(H2,20,24)(H,21,27)/p+1/t11-,13+,14-,18-/m0/s1. The minimum atomic E-state index is -1.36. The Kier molecular flexibility index (Phi) is 4.40. The van der Waals surface area contributed by atoms with E-state index in [1.54, 1.807) is 23.5 Å². The van der Waals surface area contributed by atoms with Crippen LogP contribution in [0.4, 0.5) is 5.69 Å². The molecule has 28 heavy (non-hydrogen) atoms. The molecule has 2 fully saturated rings. The second-order valence-corrected chi connectivity index (χ2v) is 7.77. The molecule has 4 atom stereocenters. The second-order valence-electron chi connectivity index (χ2n) is 7.34. The zero-order valence-electron chi connectivity index (χ0n) is 15.1. The lowest BCUT2D eigenvalue weighted by molar-refractivity contribution is -0.732. The number of benzene rings is 1. The van der Waals surface area contributed by atoms with Crippen molar-refractivity contribution in [1.29, 1.82) is 0 Å². The van der Waals surface area contributed by atoms with Crippen LogP contribution < -0.4 is 16.4 Å². The SMILES string of the molecule is COCCN1C(=O)[C@@H]2[C@H](CC(N)=O)[NH2+][C@]3(C(=O)Nc4ccc(Cl)cc43)[C@@H]2C1=O. The summed E-state index contributed by atoms with van der Waals surface area (Å²) in [6, 6.07) is 4.31. The maximum absolute atomic E-state index is 13.2. The molecule has 0 radical (unpaired) electrons. The molecule has 1 spiro atoms. The van der Waals surface area contributed by atoms with Gasteiger partial charge in [0.2, 0.25) is 23.3 Å². The van der Waals surface area contributed by atoms with Gasteiger partial charge in [-0.05, 0) is 18.2 Å². The van der Waals surface area contributed by atoms with Gasteiger partial charge in [-0.2, -0.15) is 0 Å². The normalized spacial score (nSPS) is 30.7. The molecule has 0 saturated carbocycles. The molecule has 2 saturated heterocycles. The Balaban J connectivity index is 1.85. The van der Waals surface area contributed by atoms with Gasteiger partial charge in [0, 0.05) is 17.7 Å². The monoisotopic (exact) mass is 407 g/mol. The van der Waals surface area contributed by atoms with E-state index >= 15 is 0 Å². The first-order valence-corrected chi connectivity index (χ1v) is 9.29. The highest BCUT2D eigenvalue weighted by molar-refractivity contribution is 6.31. The van der Waals surface area contributed by atoms with Gasteiger partial charge in [-0.3, -0.25) is 24.1 Å². The summed E-state index contributed by atoms with van der Waals surface area (Å²) in [6.07, 6.45) is -0.122. The molecule has 5 N–H and O–H groups in total. The number of amides is 4. The second kappa shape index (κ2) is 6.54. The van der Waals surface area contributed by atoms with Gasteiger partial charge in [-0.1, -0.05) is 11.6 Å². The van der Waals surface area contributed by atoms with Crippen LogP contribution in [-0.2, 0) is 29.5 Å². The predicted octanol–water partition coefficient (Wildman–Crippen LogP) is -1.44. The van der Waals surface area contributed by atoms with Crippen LogP contribution in [0.1, 0.15) is 12.0 Å². The molecule has 0 aliphatic carbocycles. The minimum absolute atomic E-state index is 0.0879. The summed E-state index contributed by atoms with van der Waals surface area (Å²) in [4.78, 5) is 52.1. The number of carbonyl (C=O) groups excluding carboxylic acids is 4. The van der Waals surface area contributed by atoms with E-state index < -0.39 is 47.0 Å². The number of nitrogens with zero attached hydrogens (tertiary/aromatic N) is 1. The molecule has 148 valence electrons. The van der Waals surface area contributed by atoms with Crippen LogP contribution in [0.3, 0.4) is 0 Å². The highest BCUT2D eigenvalue weighted by atomic mass is 35.5. The van der Waals surface area contributed by atoms with Crippen LogP contribution in [0.15, 0.2) is 18.2 Å². The third-order valence-electron chi connectivity index (χ3n) is 5.88. The van der Waals surface area contributed by atoms with E-state index in [0.29, 0.717) is 16.3 Å². The topological polar surface area (TPSA) is 135 Å². The first-order valence-electron chi connectivity index (χ1n) is 8.91. The highest BCUT2D eigenvalue weighted by Crippen LogP contribution is 2.49. The molecule has 0 unspecified atom stereocenters. The molecule has 4 amide bonds. The summed E-state index contributed by atoms with van der Waals surface area (Å²) in [5.41, 5.74) is 5.10. The fourth-order valence-corrected chi connectivity index (χ4v) is 4.99. The van der Waals surface area contributed by atoms with Crippen molar-refractivity contribution in [1.82, 2.24) is 4.90 Å². The molecule has 1 aromatic carbocycles. The average molecular weight is 408 g/mol. The Morgan fingerprint density at radius 3 is 2.79 bits per heavy atom. The fourth-order valence-electron chi connectivity index (χ4n) is 4.82. The lowest BCUT2D eigenvalue weighted by atomic mass is 9.76. The van der Waals surface area contributed by atoms with E-state index in [9.17, 15) is 19.2 Å². The summed E-state index contributed by atoms with van der Waals surface area (Å²) in [5.74, 6) is -3.62. The zero-order valence-corrected chi connectivity index (χ0v) is 15.9. The molecule has 0 bridgehead atoms. The van der Waals surface area contributed by atoms with Gasteiger partial charge in [0.1, 0.15) is 17.9 Å². The molecule has 4 rings (SSSR count). The van der Waals surface area contributed by atoms with Crippen molar-refractivity contribution in [3.8, 4) is 0 Å². The number of ether oxygens (including phenoxy) is 1. The number of carbonyl (C=O) groups is 4. The number of fused-ring (bicyclic) bond motifs is 4. The maximum atomic E-state index is 13.2. The third-order valence-corrected chi connectivity index (χ3v) is 6.11. The Morgan fingerprint density at radius 2 is 2.11 bits per heavy atom. The number of hydrogen-bond donors (Lipinski definition) is 3. The van der Waals surface area contributed by atoms with Crippen LogP contribution in [0, 0.1) is 11.8 Å². The molecule has 1 aromatic rings. The predicted molar refractivity (Wildman–Crippen MR) is 96.9 cm³/mol. The number of imide groups is 1. The first-order chi connectivity index (χ1) is 13.3. The number of anilines is 1. The summed E-state index contributed by atoms with van der Waals surface area (Å²) >= 11 is 6.15. The van der Waals surface area contributed by atoms with Crippen molar-refractivity contribution in [2.24, 2.45) is 17.6 Å². The Bertz CT molecular complexity index is 906. The Hall–Kier alpha value is -2.49. The highest BCUT2D eigenvalue weighted by Gasteiger charge is 2.74. The zero-order chi connectivity index (χ0) is 20.2. The fraction of sp³-hybridized carbons (Fsp3) is 0.444. The lowest BCUT2D eigenvalue weighted by Crippen LogP contribution is -2.99. The van der Waals surface area contributed by atoms with Gasteiger partial charge >= 0.3 is 0 Å². The maximum Gasteiger partial charge on any atom is 0.291 e. The van der Waals surface area contributed by atoms with Crippen molar-refractivity contribution in [3.05, 3.63) is 28.8 Å². The van der Waals surface area contributed by atoms with E-state index in [0.717, 1.165) is 4.90 Å². The van der Waals surface area contributed by atoms with Crippen molar-refractivity contribution < 1.29 is 29.2 Å². The number of nitrogens with one attached hydrogen (secondary N) is 1. The van der Waals surface area contributed by atoms with E-state index in [2.05, 4.69) is 5.32 Å². The molecular weight excluding hydrogens is 388 g/mol. The average Bonchev–Trinajstić information content (AvgIpc) is 3.19. The molecule has 10 heteroatoms. The van der Waals surface area contributed by atoms with Crippen molar-refractivity contribution in [3.63, 3.8) is 0 Å². The van der Waals surface area contributed by atoms with Gasteiger partial charge < -0.3 is 21.1 Å². The van der Waals surface area contributed by atoms with Crippen LogP contribution in [0.25, 0.3) is 0 Å². The van der Waals surface area contributed by atoms with Crippen molar-refractivity contribution in [2.75, 3.05) is 25.6 Å². The summed E-state index contributed by atoms with van der Waals surface area (Å²) in [6.45, 7) is 0.271. The van der Waals surface area contributed by atoms with Gasteiger partial charge in [-0.15, -0.1) is 0 Å². The molecular formula is C18H20ClN4O5+. The molecule has 9 nitrogen and oxygen atoms in total. The van der Waals surface area contributed by atoms with E-state index in [4.69, 9.17) is 22.1 Å². The number of rotatable bonds is 5. The van der Waals surface area contributed by atoms with Crippen LogP contribution in [0.5, 0.6) is 0 Å². The van der Waals surface area contributed by atoms with Gasteiger partial charge in [0.15, 0.2) is 0 Å². The van der Waals surface area contributed by atoms with Crippen LogP contribution in [0.2, 0.25) is 5.02 Å². The number of hydrogen-bond acceptors (Lipinski definition) is 5.